The van der Waals surface area contributed by atoms with E-state index in [0.29, 0.717) is 16.6 Å². The van der Waals surface area contributed by atoms with Gasteiger partial charge in [-0.25, -0.2) is 5.43 Å². The smallest absolute Gasteiger partial charge is 0.250 e. The van der Waals surface area contributed by atoms with E-state index >= 15 is 0 Å². The molecule has 2 heterocycles. The van der Waals surface area contributed by atoms with Crippen molar-refractivity contribution in [3.05, 3.63) is 54.5 Å². The summed E-state index contributed by atoms with van der Waals surface area (Å²) in [6.07, 6.45) is 1.56. The van der Waals surface area contributed by atoms with Crippen molar-refractivity contribution in [2.24, 2.45) is 5.10 Å². The van der Waals surface area contributed by atoms with E-state index in [1.807, 2.05) is 41.8 Å². The van der Waals surface area contributed by atoms with Crippen LogP contribution in [-0.4, -0.2) is 32.1 Å². The Morgan fingerprint density at radius 1 is 1.23 bits per heavy atom. The molecule has 3 aromatic rings. The summed E-state index contributed by atoms with van der Waals surface area (Å²) in [5.74, 6) is 1.40. The molecule has 1 amide bonds. The molecular weight excluding hydrogens is 350 g/mol. The molecule has 7 nitrogen and oxygen atoms in total. The Hall–Kier alpha value is -2.87. The molecule has 1 aromatic carbocycles. The van der Waals surface area contributed by atoms with E-state index in [4.69, 9.17) is 4.42 Å². The predicted octanol–water partition coefficient (Wildman–Crippen LogP) is 3.19. The molecule has 3 rings (SSSR count). The van der Waals surface area contributed by atoms with E-state index in [9.17, 15) is 4.79 Å². The minimum Gasteiger partial charge on any atom is -0.463 e. The number of thioether (sulfide) groups is 1. The lowest BCUT2D eigenvalue weighted by Crippen LogP contribution is -2.21. The van der Waals surface area contributed by atoms with Gasteiger partial charge in [0.05, 0.1) is 12.0 Å². The number of carbonyl (C=O) groups excluding carboxylic acids is 1. The van der Waals surface area contributed by atoms with Crippen LogP contribution in [0.2, 0.25) is 0 Å². The second kappa shape index (κ2) is 8.48. The highest BCUT2D eigenvalue weighted by molar-refractivity contribution is 7.99. The van der Waals surface area contributed by atoms with E-state index in [0.717, 1.165) is 17.9 Å². The van der Waals surface area contributed by atoms with Gasteiger partial charge in [-0.3, -0.25) is 4.79 Å². The molecule has 0 aliphatic heterocycles. The summed E-state index contributed by atoms with van der Waals surface area (Å²) in [6, 6.07) is 13.4. The third kappa shape index (κ3) is 4.20. The average molecular weight is 369 g/mol. The molecule has 2 aromatic heterocycles. The van der Waals surface area contributed by atoms with E-state index in [2.05, 4.69) is 20.7 Å². The Kier molecular flexibility index (Phi) is 5.85. The first-order valence-electron chi connectivity index (χ1n) is 8.17. The van der Waals surface area contributed by atoms with Crippen LogP contribution in [0.1, 0.15) is 19.6 Å². The number of hydrogen-bond donors (Lipinski definition) is 1. The first-order chi connectivity index (χ1) is 12.7. The van der Waals surface area contributed by atoms with Crippen LogP contribution >= 0.6 is 11.8 Å². The number of benzene rings is 1. The minimum atomic E-state index is -0.215. The summed E-state index contributed by atoms with van der Waals surface area (Å²) in [6.45, 7) is 4.51. The average Bonchev–Trinajstić information content (AvgIpc) is 3.34. The fraction of sp³-hybridized carbons (Fsp3) is 0.222. The highest BCUT2D eigenvalue weighted by atomic mass is 32.2. The van der Waals surface area contributed by atoms with Gasteiger partial charge >= 0.3 is 0 Å². The van der Waals surface area contributed by atoms with Crippen molar-refractivity contribution in [3.63, 3.8) is 0 Å². The van der Waals surface area contributed by atoms with Gasteiger partial charge in [-0.1, -0.05) is 42.1 Å². The molecule has 26 heavy (non-hydrogen) atoms. The zero-order valence-electron chi connectivity index (χ0n) is 14.5. The number of nitrogens with zero attached hydrogens (tertiary/aromatic N) is 4. The summed E-state index contributed by atoms with van der Waals surface area (Å²) in [4.78, 5) is 12.0. The van der Waals surface area contributed by atoms with Crippen molar-refractivity contribution in [2.75, 3.05) is 5.75 Å². The number of rotatable bonds is 7. The Morgan fingerprint density at radius 3 is 2.73 bits per heavy atom. The Balaban J connectivity index is 1.62. The highest BCUT2D eigenvalue weighted by Gasteiger charge is 2.14. The fourth-order valence-corrected chi connectivity index (χ4v) is 3.12. The van der Waals surface area contributed by atoms with Crippen molar-refractivity contribution in [3.8, 4) is 11.4 Å². The zero-order valence-corrected chi connectivity index (χ0v) is 15.4. The largest absolute Gasteiger partial charge is 0.463 e. The van der Waals surface area contributed by atoms with Gasteiger partial charge in [0.25, 0.3) is 5.91 Å². The number of furan rings is 1. The number of nitrogens with one attached hydrogen (secondary N) is 1. The van der Waals surface area contributed by atoms with Crippen LogP contribution in [0.3, 0.4) is 0 Å². The Morgan fingerprint density at radius 2 is 2.04 bits per heavy atom. The van der Waals surface area contributed by atoms with Gasteiger partial charge in [-0.05, 0) is 26.0 Å². The quantitative estimate of drug-likeness (QED) is 0.393. The number of aromatic nitrogens is 3. The SMILES string of the molecule is CCn1c(SCC(=O)N/N=C(/C)c2ccco2)nnc1-c1ccccc1. The van der Waals surface area contributed by atoms with Gasteiger partial charge in [0.15, 0.2) is 11.0 Å². The van der Waals surface area contributed by atoms with Crippen LogP contribution in [0.25, 0.3) is 11.4 Å². The van der Waals surface area contributed by atoms with E-state index in [-0.39, 0.29) is 11.7 Å². The monoisotopic (exact) mass is 369 g/mol. The number of hydrogen-bond acceptors (Lipinski definition) is 6. The molecule has 0 atom stereocenters. The van der Waals surface area contributed by atoms with Gasteiger partial charge in [-0.15, -0.1) is 10.2 Å². The second-order valence-electron chi connectivity index (χ2n) is 5.41. The molecule has 8 heteroatoms. The molecule has 0 saturated carbocycles. The molecule has 0 spiro atoms. The van der Waals surface area contributed by atoms with Crippen LogP contribution in [0.4, 0.5) is 0 Å². The van der Waals surface area contributed by atoms with Crippen LogP contribution in [0.15, 0.2) is 63.4 Å². The van der Waals surface area contributed by atoms with E-state index < -0.39 is 0 Å². The molecule has 0 aliphatic rings. The van der Waals surface area contributed by atoms with Crippen molar-refractivity contribution in [1.82, 2.24) is 20.2 Å². The maximum absolute atomic E-state index is 12.0. The minimum absolute atomic E-state index is 0.196. The normalized spacial score (nSPS) is 11.5. The number of hydrazone groups is 1. The van der Waals surface area contributed by atoms with Crippen LogP contribution in [0.5, 0.6) is 0 Å². The van der Waals surface area contributed by atoms with Gasteiger partial charge in [0.2, 0.25) is 0 Å². The fourth-order valence-electron chi connectivity index (χ4n) is 2.33. The van der Waals surface area contributed by atoms with Gasteiger partial charge in [0, 0.05) is 12.1 Å². The zero-order chi connectivity index (χ0) is 18.4. The molecule has 134 valence electrons. The molecule has 0 fully saturated rings. The first-order valence-corrected chi connectivity index (χ1v) is 9.16. The lowest BCUT2D eigenvalue weighted by molar-refractivity contribution is -0.118. The molecule has 0 bridgehead atoms. The standard InChI is InChI=1S/C18H19N5O2S/c1-3-23-17(14-8-5-4-6-9-14)21-22-18(23)26-12-16(24)20-19-13(2)15-10-7-11-25-15/h4-11H,3,12H2,1-2H3,(H,20,24)/b19-13-. The molecule has 0 unspecified atom stereocenters. The molecule has 0 saturated heterocycles. The van der Waals surface area contributed by atoms with Gasteiger partial charge in [0.1, 0.15) is 11.5 Å². The van der Waals surface area contributed by atoms with Crippen molar-refractivity contribution in [1.29, 1.82) is 0 Å². The second-order valence-corrected chi connectivity index (χ2v) is 6.36. The predicted molar refractivity (Wildman–Crippen MR) is 101 cm³/mol. The third-order valence-corrected chi connectivity index (χ3v) is 4.59. The summed E-state index contributed by atoms with van der Waals surface area (Å²) in [7, 11) is 0. The third-order valence-electron chi connectivity index (χ3n) is 3.62. The van der Waals surface area contributed by atoms with Crippen molar-refractivity contribution < 1.29 is 9.21 Å². The first kappa shape index (κ1) is 17.9. The maximum Gasteiger partial charge on any atom is 0.250 e. The maximum atomic E-state index is 12.0. The van der Waals surface area contributed by atoms with Gasteiger partial charge < -0.3 is 8.98 Å². The number of carbonyl (C=O) groups is 1. The van der Waals surface area contributed by atoms with Gasteiger partial charge in [-0.2, -0.15) is 5.10 Å². The molecule has 1 N–H and O–H groups in total. The van der Waals surface area contributed by atoms with Crippen LogP contribution < -0.4 is 5.43 Å². The number of amides is 1. The molecule has 0 aliphatic carbocycles. The van der Waals surface area contributed by atoms with E-state index in [1.165, 1.54) is 11.8 Å². The van der Waals surface area contributed by atoms with Crippen LogP contribution in [-0.2, 0) is 11.3 Å². The van der Waals surface area contributed by atoms with E-state index in [1.54, 1.807) is 25.3 Å². The summed E-state index contributed by atoms with van der Waals surface area (Å²) < 4.78 is 7.21. The lowest BCUT2D eigenvalue weighted by Gasteiger charge is -2.07. The van der Waals surface area contributed by atoms with Crippen molar-refractivity contribution >= 4 is 23.4 Å². The topological polar surface area (TPSA) is 85.3 Å². The van der Waals surface area contributed by atoms with Crippen LogP contribution in [0, 0.1) is 0 Å². The Bertz CT molecular complexity index is 888. The highest BCUT2D eigenvalue weighted by Crippen LogP contribution is 2.23. The Labute approximate surface area is 155 Å². The molecule has 0 radical (unpaired) electrons. The molecular formula is C18H19N5O2S. The van der Waals surface area contributed by atoms with Crippen molar-refractivity contribution in [2.45, 2.75) is 25.5 Å². The lowest BCUT2D eigenvalue weighted by atomic mass is 10.2. The summed E-state index contributed by atoms with van der Waals surface area (Å²) >= 11 is 1.33. The summed E-state index contributed by atoms with van der Waals surface area (Å²) in [5.41, 5.74) is 4.13. The summed E-state index contributed by atoms with van der Waals surface area (Å²) in [5, 5.41) is 13.2.